The number of nitrogens with zero attached hydrogens (tertiary/aromatic N) is 2. The fourth-order valence-corrected chi connectivity index (χ4v) is 4.68. The van der Waals surface area contributed by atoms with E-state index < -0.39 is 0 Å². The maximum absolute atomic E-state index is 4.53. The molecule has 18 heavy (non-hydrogen) atoms. The van der Waals surface area contributed by atoms with Gasteiger partial charge in [-0.25, -0.2) is 0 Å². The second-order valence-electron chi connectivity index (χ2n) is 5.07. The average molecular weight is 281 g/mol. The van der Waals surface area contributed by atoms with Crippen molar-refractivity contribution in [2.24, 2.45) is 0 Å². The molecule has 2 aliphatic rings. The van der Waals surface area contributed by atoms with Gasteiger partial charge in [-0.15, -0.1) is 0 Å². The molecule has 0 saturated heterocycles. The van der Waals surface area contributed by atoms with Crippen molar-refractivity contribution in [3.05, 3.63) is 11.8 Å². The molecule has 0 amide bonds. The van der Waals surface area contributed by atoms with Crippen LogP contribution in [0.2, 0.25) is 0 Å². The van der Waals surface area contributed by atoms with Crippen LogP contribution in [0, 0.1) is 0 Å². The first-order chi connectivity index (χ1) is 8.84. The Morgan fingerprint density at radius 2 is 2.17 bits per heavy atom. The monoisotopic (exact) mass is 281 g/mol. The average Bonchev–Trinajstić information content (AvgIpc) is 3.02. The predicted molar refractivity (Wildman–Crippen MR) is 78.1 cm³/mol. The minimum Gasteiger partial charge on any atom is -0.310 e. The lowest BCUT2D eigenvalue weighted by atomic mass is 10.0. The quantitative estimate of drug-likeness (QED) is 0.922. The van der Waals surface area contributed by atoms with E-state index in [0.717, 1.165) is 28.9 Å². The Balaban J connectivity index is 1.79. The lowest BCUT2D eigenvalue weighted by Crippen LogP contribution is -2.31. The summed E-state index contributed by atoms with van der Waals surface area (Å²) in [6.45, 7) is 3.29. The molecule has 1 fully saturated rings. The summed E-state index contributed by atoms with van der Waals surface area (Å²) < 4.78 is 9.05. The molecule has 0 aromatic carbocycles. The third-order valence-corrected chi connectivity index (χ3v) is 5.69. The maximum atomic E-state index is 4.53. The Kier molecular flexibility index (Phi) is 4.01. The predicted octanol–water partition coefficient (Wildman–Crippen LogP) is 3.34. The van der Waals surface area contributed by atoms with E-state index in [2.05, 4.69) is 27.1 Å². The SMILES string of the molecule is CC1NCCC=C1c1nsnc1SC1CCCC1. The molecule has 0 radical (unpaired) electrons. The summed E-state index contributed by atoms with van der Waals surface area (Å²) in [5, 5.41) is 5.43. The van der Waals surface area contributed by atoms with Gasteiger partial charge in [-0.2, -0.15) is 8.75 Å². The van der Waals surface area contributed by atoms with Crippen LogP contribution >= 0.6 is 23.5 Å². The van der Waals surface area contributed by atoms with Crippen LogP contribution in [0.1, 0.15) is 44.7 Å². The van der Waals surface area contributed by atoms with Crippen LogP contribution in [0.15, 0.2) is 11.1 Å². The summed E-state index contributed by atoms with van der Waals surface area (Å²) in [7, 11) is 0. The van der Waals surface area contributed by atoms with E-state index in [-0.39, 0.29) is 0 Å². The Labute approximate surface area is 117 Å². The Hall–Kier alpha value is -0.390. The van der Waals surface area contributed by atoms with Crippen molar-refractivity contribution in [1.82, 2.24) is 14.1 Å². The van der Waals surface area contributed by atoms with Gasteiger partial charge >= 0.3 is 0 Å². The van der Waals surface area contributed by atoms with Crippen LogP contribution in [0.25, 0.3) is 5.57 Å². The van der Waals surface area contributed by atoms with Crippen molar-refractivity contribution in [2.75, 3.05) is 6.54 Å². The van der Waals surface area contributed by atoms with Gasteiger partial charge in [0.2, 0.25) is 0 Å². The van der Waals surface area contributed by atoms with E-state index in [1.807, 2.05) is 11.8 Å². The van der Waals surface area contributed by atoms with E-state index in [1.54, 1.807) is 0 Å². The van der Waals surface area contributed by atoms with Gasteiger partial charge in [-0.1, -0.05) is 30.7 Å². The summed E-state index contributed by atoms with van der Waals surface area (Å²) in [6, 6.07) is 0.408. The lowest BCUT2D eigenvalue weighted by Gasteiger charge is -2.21. The van der Waals surface area contributed by atoms with Gasteiger partial charge in [0, 0.05) is 11.3 Å². The summed E-state index contributed by atoms with van der Waals surface area (Å²) >= 11 is 3.30. The molecule has 1 aliphatic carbocycles. The number of hydrogen-bond donors (Lipinski definition) is 1. The molecule has 1 unspecified atom stereocenters. The van der Waals surface area contributed by atoms with Gasteiger partial charge in [0.05, 0.1) is 11.7 Å². The number of rotatable bonds is 3. The Morgan fingerprint density at radius 1 is 1.33 bits per heavy atom. The van der Waals surface area contributed by atoms with Crippen LogP contribution in [0.4, 0.5) is 0 Å². The van der Waals surface area contributed by atoms with E-state index >= 15 is 0 Å². The zero-order valence-corrected chi connectivity index (χ0v) is 12.3. The second kappa shape index (κ2) is 5.72. The van der Waals surface area contributed by atoms with Crippen molar-refractivity contribution >= 4 is 29.1 Å². The second-order valence-corrected chi connectivity index (χ2v) is 6.88. The van der Waals surface area contributed by atoms with E-state index in [9.17, 15) is 0 Å². The number of thioether (sulfide) groups is 1. The standard InChI is InChI=1S/C13H19N3S2/c1-9-11(7-4-8-14-9)12-13(16-18-15-12)17-10-5-2-3-6-10/h7,9-10,14H,2-6,8H2,1H3. The summed E-state index contributed by atoms with van der Waals surface area (Å²) in [4.78, 5) is 0. The number of aromatic nitrogens is 2. The molecule has 1 N–H and O–H groups in total. The van der Waals surface area contributed by atoms with Gasteiger partial charge in [0.25, 0.3) is 0 Å². The largest absolute Gasteiger partial charge is 0.310 e. The van der Waals surface area contributed by atoms with Gasteiger partial charge in [-0.3, -0.25) is 0 Å². The molecule has 1 saturated carbocycles. The lowest BCUT2D eigenvalue weighted by molar-refractivity contribution is 0.624. The highest BCUT2D eigenvalue weighted by Crippen LogP contribution is 2.38. The Morgan fingerprint density at radius 3 is 2.94 bits per heavy atom. The van der Waals surface area contributed by atoms with Crippen molar-refractivity contribution in [3.8, 4) is 0 Å². The van der Waals surface area contributed by atoms with Gasteiger partial charge in [-0.05, 0) is 38.3 Å². The van der Waals surface area contributed by atoms with Crippen LogP contribution in [-0.2, 0) is 0 Å². The van der Waals surface area contributed by atoms with Gasteiger partial charge in [0.1, 0.15) is 10.7 Å². The minimum atomic E-state index is 0.408. The molecule has 0 bridgehead atoms. The Bertz CT molecular complexity index is 435. The highest BCUT2D eigenvalue weighted by Gasteiger charge is 2.24. The van der Waals surface area contributed by atoms with Crippen LogP contribution in [-0.4, -0.2) is 26.6 Å². The molecule has 2 heterocycles. The van der Waals surface area contributed by atoms with Crippen molar-refractivity contribution in [3.63, 3.8) is 0 Å². The topological polar surface area (TPSA) is 37.8 Å². The molecular formula is C13H19N3S2. The van der Waals surface area contributed by atoms with E-state index in [0.29, 0.717) is 6.04 Å². The molecule has 1 aliphatic heterocycles. The van der Waals surface area contributed by atoms with Crippen LogP contribution < -0.4 is 5.32 Å². The van der Waals surface area contributed by atoms with Crippen molar-refractivity contribution < 1.29 is 0 Å². The fraction of sp³-hybridized carbons (Fsp3) is 0.692. The highest BCUT2D eigenvalue weighted by molar-refractivity contribution is 8.00. The fourth-order valence-electron chi connectivity index (χ4n) is 2.71. The number of nitrogens with one attached hydrogen (secondary N) is 1. The third-order valence-electron chi connectivity index (χ3n) is 3.74. The zero-order chi connectivity index (χ0) is 12.4. The normalized spacial score (nSPS) is 25.4. The zero-order valence-electron chi connectivity index (χ0n) is 10.7. The minimum absolute atomic E-state index is 0.408. The first-order valence-corrected chi connectivity index (χ1v) is 8.38. The number of hydrogen-bond acceptors (Lipinski definition) is 5. The van der Waals surface area contributed by atoms with Gasteiger partial charge < -0.3 is 5.32 Å². The molecular weight excluding hydrogens is 262 g/mol. The summed E-state index contributed by atoms with van der Waals surface area (Å²) in [5.74, 6) is 0. The van der Waals surface area contributed by atoms with Crippen LogP contribution in [0.5, 0.6) is 0 Å². The van der Waals surface area contributed by atoms with Crippen molar-refractivity contribution in [2.45, 2.75) is 55.3 Å². The molecule has 3 nitrogen and oxygen atoms in total. The molecule has 98 valence electrons. The molecule has 1 aromatic rings. The smallest absolute Gasteiger partial charge is 0.138 e. The molecule has 3 rings (SSSR count). The van der Waals surface area contributed by atoms with E-state index in [4.69, 9.17) is 0 Å². The maximum Gasteiger partial charge on any atom is 0.138 e. The first-order valence-electron chi connectivity index (χ1n) is 6.77. The molecule has 1 aromatic heterocycles. The first kappa shape index (κ1) is 12.6. The molecule has 5 heteroatoms. The summed E-state index contributed by atoms with van der Waals surface area (Å²) in [6.07, 6.45) is 8.88. The summed E-state index contributed by atoms with van der Waals surface area (Å²) in [5.41, 5.74) is 2.48. The molecule has 1 atom stereocenters. The van der Waals surface area contributed by atoms with Gasteiger partial charge in [0.15, 0.2) is 0 Å². The molecule has 0 spiro atoms. The van der Waals surface area contributed by atoms with Crippen LogP contribution in [0.3, 0.4) is 0 Å². The van der Waals surface area contributed by atoms with E-state index in [1.165, 1.54) is 43.0 Å². The van der Waals surface area contributed by atoms with Crippen molar-refractivity contribution in [1.29, 1.82) is 0 Å². The highest BCUT2D eigenvalue weighted by atomic mass is 32.2. The third kappa shape index (κ3) is 2.63.